The maximum Gasteiger partial charge on any atom is 0.271 e. The van der Waals surface area contributed by atoms with Gasteiger partial charge in [0.25, 0.3) is 5.91 Å². The number of aromatic nitrogens is 2. The fourth-order valence-electron chi connectivity index (χ4n) is 0.983. The Balaban J connectivity index is 2.86. The van der Waals surface area contributed by atoms with Gasteiger partial charge in [0.15, 0.2) is 0 Å². The Bertz CT molecular complexity index is 302. The van der Waals surface area contributed by atoms with Crippen LogP contribution in [0.3, 0.4) is 0 Å². The first-order valence-corrected chi connectivity index (χ1v) is 4.29. The fraction of sp³-hybridized carbons (Fsp3) is 0.556. The molecule has 0 saturated heterocycles. The summed E-state index contributed by atoms with van der Waals surface area (Å²) in [5.41, 5.74) is 1.47. The molecule has 1 heterocycles. The molecule has 1 amide bonds. The summed E-state index contributed by atoms with van der Waals surface area (Å²) in [6.07, 6.45) is 0. The van der Waals surface area contributed by atoms with Crippen molar-refractivity contribution in [2.75, 3.05) is 14.1 Å². The lowest BCUT2D eigenvalue weighted by Crippen LogP contribution is -2.21. The van der Waals surface area contributed by atoms with E-state index in [0.717, 1.165) is 5.69 Å². The zero-order valence-electron chi connectivity index (χ0n) is 8.46. The summed E-state index contributed by atoms with van der Waals surface area (Å²) in [6.45, 7) is 4.08. The molecule has 0 unspecified atom stereocenters. The lowest BCUT2D eigenvalue weighted by Gasteiger charge is -2.06. The second kappa shape index (κ2) is 3.60. The highest BCUT2D eigenvalue weighted by atomic mass is 16.2. The van der Waals surface area contributed by atoms with Crippen molar-refractivity contribution in [1.29, 1.82) is 0 Å². The van der Waals surface area contributed by atoms with E-state index in [4.69, 9.17) is 0 Å². The van der Waals surface area contributed by atoms with Crippen molar-refractivity contribution >= 4 is 5.91 Å². The molecule has 4 heteroatoms. The summed E-state index contributed by atoms with van der Waals surface area (Å²) in [5, 5.41) is 6.77. The van der Waals surface area contributed by atoms with Crippen LogP contribution in [0.4, 0.5) is 0 Å². The number of aromatic amines is 1. The molecule has 0 fully saturated rings. The van der Waals surface area contributed by atoms with Gasteiger partial charge in [-0.3, -0.25) is 9.89 Å². The molecule has 0 atom stereocenters. The molecule has 0 radical (unpaired) electrons. The van der Waals surface area contributed by atoms with Crippen molar-refractivity contribution in [2.24, 2.45) is 0 Å². The van der Waals surface area contributed by atoms with Gasteiger partial charge in [-0.2, -0.15) is 5.10 Å². The minimum absolute atomic E-state index is 0.0422. The van der Waals surface area contributed by atoms with Gasteiger partial charge >= 0.3 is 0 Å². The van der Waals surface area contributed by atoms with Crippen molar-refractivity contribution in [3.05, 3.63) is 17.5 Å². The Morgan fingerprint density at radius 1 is 1.54 bits per heavy atom. The van der Waals surface area contributed by atoms with Crippen molar-refractivity contribution in [1.82, 2.24) is 15.1 Å². The molecule has 1 rings (SSSR count). The van der Waals surface area contributed by atoms with Gasteiger partial charge in [-0.15, -0.1) is 0 Å². The Morgan fingerprint density at radius 2 is 2.15 bits per heavy atom. The Hall–Kier alpha value is -1.32. The molecule has 72 valence electrons. The van der Waals surface area contributed by atoms with Crippen molar-refractivity contribution in [2.45, 2.75) is 19.8 Å². The number of carbonyl (C=O) groups excluding carboxylic acids is 1. The van der Waals surface area contributed by atoms with E-state index in [-0.39, 0.29) is 5.91 Å². The van der Waals surface area contributed by atoms with Crippen LogP contribution in [-0.2, 0) is 0 Å². The van der Waals surface area contributed by atoms with E-state index in [1.165, 1.54) is 4.90 Å². The zero-order valence-corrected chi connectivity index (χ0v) is 8.46. The summed E-state index contributed by atoms with van der Waals surface area (Å²) in [4.78, 5) is 13.0. The quantitative estimate of drug-likeness (QED) is 0.746. The highest BCUT2D eigenvalue weighted by Gasteiger charge is 2.12. The van der Waals surface area contributed by atoms with Crippen molar-refractivity contribution in [3.63, 3.8) is 0 Å². The summed E-state index contributed by atoms with van der Waals surface area (Å²) < 4.78 is 0. The average molecular weight is 181 g/mol. The zero-order chi connectivity index (χ0) is 10.0. The largest absolute Gasteiger partial charge is 0.343 e. The molecule has 1 aromatic rings. The monoisotopic (exact) mass is 181 g/mol. The third kappa shape index (κ3) is 2.08. The summed E-state index contributed by atoms with van der Waals surface area (Å²) in [6, 6.07) is 1.80. The Labute approximate surface area is 77.9 Å². The van der Waals surface area contributed by atoms with Crippen LogP contribution in [-0.4, -0.2) is 35.1 Å². The highest BCUT2D eigenvalue weighted by Crippen LogP contribution is 2.12. The number of nitrogens with zero attached hydrogens (tertiary/aromatic N) is 2. The van der Waals surface area contributed by atoms with Gasteiger partial charge in [0, 0.05) is 14.1 Å². The van der Waals surface area contributed by atoms with E-state index in [2.05, 4.69) is 10.2 Å². The third-order valence-electron chi connectivity index (χ3n) is 1.83. The van der Waals surface area contributed by atoms with Crippen LogP contribution in [0.1, 0.15) is 35.9 Å². The van der Waals surface area contributed by atoms with Crippen LogP contribution in [0.2, 0.25) is 0 Å². The van der Waals surface area contributed by atoms with Crippen LogP contribution in [0.15, 0.2) is 6.07 Å². The highest BCUT2D eigenvalue weighted by molar-refractivity contribution is 5.91. The smallest absolute Gasteiger partial charge is 0.271 e. The number of amides is 1. The average Bonchev–Trinajstić information content (AvgIpc) is 2.50. The van der Waals surface area contributed by atoms with E-state index < -0.39 is 0 Å². The molecule has 0 aliphatic carbocycles. The van der Waals surface area contributed by atoms with Gasteiger partial charge < -0.3 is 4.90 Å². The van der Waals surface area contributed by atoms with Gasteiger partial charge in [0.2, 0.25) is 0 Å². The van der Waals surface area contributed by atoms with Gasteiger partial charge in [0.05, 0.1) is 5.69 Å². The number of hydrogen-bond donors (Lipinski definition) is 1. The molecule has 0 saturated carbocycles. The van der Waals surface area contributed by atoms with Crippen molar-refractivity contribution < 1.29 is 4.79 Å². The first-order chi connectivity index (χ1) is 6.02. The molecular weight excluding hydrogens is 166 g/mol. The lowest BCUT2D eigenvalue weighted by molar-refractivity contribution is 0.0822. The van der Waals surface area contributed by atoms with Crippen LogP contribution in [0, 0.1) is 0 Å². The number of nitrogens with one attached hydrogen (secondary N) is 1. The number of hydrogen-bond acceptors (Lipinski definition) is 2. The SMILES string of the molecule is CC(C)c1cc(C(=O)N(C)C)[nH]n1. The van der Waals surface area contributed by atoms with Gasteiger partial charge in [-0.05, 0) is 12.0 Å². The minimum atomic E-state index is -0.0422. The molecule has 0 aromatic carbocycles. The molecule has 0 spiro atoms. The number of rotatable bonds is 2. The molecule has 4 nitrogen and oxygen atoms in total. The molecule has 13 heavy (non-hydrogen) atoms. The molecular formula is C9H15N3O. The van der Waals surface area contributed by atoms with Crippen LogP contribution in [0.25, 0.3) is 0 Å². The second-order valence-electron chi connectivity index (χ2n) is 3.56. The van der Waals surface area contributed by atoms with Crippen LogP contribution >= 0.6 is 0 Å². The molecule has 1 aromatic heterocycles. The summed E-state index contributed by atoms with van der Waals surface area (Å²) >= 11 is 0. The maximum absolute atomic E-state index is 11.4. The third-order valence-corrected chi connectivity index (χ3v) is 1.83. The van der Waals surface area contributed by atoms with E-state index in [1.807, 2.05) is 13.8 Å². The number of H-pyrrole nitrogens is 1. The van der Waals surface area contributed by atoms with Gasteiger partial charge in [-0.25, -0.2) is 0 Å². The van der Waals surface area contributed by atoms with E-state index in [9.17, 15) is 4.79 Å². The van der Waals surface area contributed by atoms with Crippen LogP contribution in [0.5, 0.6) is 0 Å². The molecule has 0 bridgehead atoms. The predicted molar refractivity (Wildman–Crippen MR) is 50.7 cm³/mol. The molecule has 1 N–H and O–H groups in total. The van der Waals surface area contributed by atoms with Crippen molar-refractivity contribution in [3.8, 4) is 0 Å². The lowest BCUT2D eigenvalue weighted by atomic mass is 10.1. The maximum atomic E-state index is 11.4. The number of carbonyl (C=O) groups is 1. The second-order valence-corrected chi connectivity index (χ2v) is 3.56. The Morgan fingerprint density at radius 3 is 2.54 bits per heavy atom. The minimum Gasteiger partial charge on any atom is -0.343 e. The standard InChI is InChI=1S/C9H15N3O/c1-6(2)7-5-8(11-10-7)9(13)12(3)4/h5-6H,1-4H3,(H,10,11). The topological polar surface area (TPSA) is 49.0 Å². The first kappa shape index (κ1) is 9.77. The van der Waals surface area contributed by atoms with Gasteiger partial charge in [0.1, 0.15) is 5.69 Å². The Kier molecular flexibility index (Phi) is 2.70. The predicted octanol–water partition coefficient (Wildman–Crippen LogP) is 1.23. The van der Waals surface area contributed by atoms with E-state index >= 15 is 0 Å². The fourth-order valence-corrected chi connectivity index (χ4v) is 0.983. The van der Waals surface area contributed by atoms with Crippen LogP contribution < -0.4 is 0 Å². The molecule has 0 aliphatic rings. The first-order valence-electron chi connectivity index (χ1n) is 4.29. The van der Waals surface area contributed by atoms with E-state index in [1.54, 1.807) is 20.2 Å². The molecule has 0 aliphatic heterocycles. The van der Waals surface area contributed by atoms with E-state index in [0.29, 0.717) is 11.6 Å². The summed E-state index contributed by atoms with van der Waals surface area (Å²) in [5.74, 6) is 0.305. The van der Waals surface area contributed by atoms with Gasteiger partial charge in [-0.1, -0.05) is 13.8 Å². The summed E-state index contributed by atoms with van der Waals surface area (Å²) in [7, 11) is 3.44. The normalized spacial score (nSPS) is 10.5.